The highest BCUT2D eigenvalue weighted by Crippen LogP contribution is 2.60. The highest BCUT2D eigenvalue weighted by atomic mass is 33.1. The molecule has 6 aromatic rings. The molecule has 4 atom stereocenters. The summed E-state index contributed by atoms with van der Waals surface area (Å²) >= 11 is 0. The van der Waals surface area contributed by atoms with Crippen molar-refractivity contribution in [2.75, 3.05) is 0 Å². The third-order valence-electron chi connectivity index (χ3n) is 12.2. The molecule has 0 spiro atoms. The third-order valence-corrected chi connectivity index (χ3v) is 19.5. The second-order valence-electron chi connectivity index (χ2n) is 15.4. The Kier molecular flexibility index (Phi) is 9.64. The largest absolute Gasteiger partial charge is 0.478 e. The number of aliphatic carboxylic acids is 4. The Balaban J connectivity index is 1.09. The first-order valence-electron chi connectivity index (χ1n) is 19.2. The van der Waals surface area contributed by atoms with E-state index in [0.29, 0.717) is 27.1 Å². The lowest BCUT2D eigenvalue weighted by atomic mass is 9.61. The van der Waals surface area contributed by atoms with Crippen LogP contribution in [0, 0.1) is 0 Å². The van der Waals surface area contributed by atoms with Crippen LogP contribution in [0.2, 0.25) is 0 Å². The fourth-order valence-corrected chi connectivity index (χ4v) is 16.2. The second-order valence-corrected chi connectivity index (χ2v) is 22.2. The Morgan fingerprint density at radius 3 is 1.05 bits per heavy atom. The molecule has 0 unspecified atom stereocenters. The normalized spacial score (nSPS) is 20.2. The van der Waals surface area contributed by atoms with Crippen LogP contribution in [0.5, 0.6) is 0 Å². The first-order chi connectivity index (χ1) is 30.4. The molecule has 0 radical (unpaired) electrons. The Morgan fingerprint density at radius 2 is 0.698 bits per heavy atom. The van der Waals surface area contributed by atoms with Crippen LogP contribution in [0.15, 0.2) is 155 Å². The van der Waals surface area contributed by atoms with E-state index in [1.807, 2.05) is 97.1 Å². The standard InChI is InChI=1S/C47H26O10S6/c48-43(49)32-12-18-2-1-3-33-27(18)17-34(32)63-61-22-7-11-26-31(16-22)38-24-9-5-20(14-29(24)36(26)40(45(52)53)42(38)47(56)57)59-58-19-4-8-23-28(13-19)35-25-10-6-21(60-62-33)15-30(25)37(23)41(46(54)55)39(35)44(50)51/h1-17,35-38H,(H,48,49)(H,50,51)(H,52,53)(H,54,55)(H,56,57)/t35-,36-,37-,38-/m0/s1. The number of carboxylic acids is 5. The molecular weight excluding hydrogens is 917 g/mol. The molecule has 0 aromatic heterocycles. The number of rotatable bonds is 5. The van der Waals surface area contributed by atoms with Crippen molar-refractivity contribution in [3.63, 3.8) is 0 Å². The van der Waals surface area contributed by atoms with E-state index in [1.165, 1.54) is 64.8 Å². The lowest BCUT2D eigenvalue weighted by Gasteiger charge is -2.41. The van der Waals surface area contributed by atoms with E-state index in [-0.39, 0.29) is 27.9 Å². The zero-order valence-corrected chi connectivity index (χ0v) is 36.8. The van der Waals surface area contributed by atoms with Gasteiger partial charge in [0.05, 0.1) is 27.9 Å². The van der Waals surface area contributed by atoms with Gasteiger partial charge < -0.3 is 25.5 Å². The SMILES string of the molecule is O=C(O)C1=C(C(=O)O)[C@H]2c3ccc4cc3[C@@H]1c1ccc(cc12)SSc1cc2c(cccc2cc1C(=O)O)SSc1ccc2c(c1)[C@H]1C(C(=O)O)=C(C(=O)O)[C@@H]2c2cc(ccc21)SS4. The molecule has 6 aliphatic carbocycles. The monoisotopic (exact) mass is 942 g/mol. The van der Waals surface area contributed by atoms with Crippen LogP contribution in [-0.4, -0.2) is 55.4 Å². The molecule has 0 fully saturated rings. The molecule has 16 aliphatic rings. The van der Waals surface area contributed by atoms with E-state index < -0.39 is 53.5 Å². The quantitative estimate of drug-likeness (QED) is 0.103. The fourth-order valence-electron chi connectivity index (χ4n) is 9.83. The van der Waals surface area contributed by atoms with Crippen molar-refractivity contribution in [2.24, 2.45) is 0 Å². The third kappa shape index (κ3) is 6.28. The Morgan fingerprint density at radius 1 is 0.349 bits per heavy atom. The molecule has 22 rings (SSSR count). The van der Waals surface area contributed by atoms with Gasteiger partial charge in [0, 0.05) is 53.0 Å². The lowest BCUT2D eigenvalue weighted by molar-refractivity contribution is -0.136. The Labute approximate surface area is 380 Å². The molecule has 0 saturated carbocycles. The van der Waals surface area contributed by atoms with Crippen LogP contribution < -0.4 is 0 Å². The summed E-state index contributed by atoms with van der Waals surface area (Å²) in [5.74, 6) is -9.69. The van der Waals surface area contributed by atoms with Gasteiger partial charge in [-0.05, 0) is 122 Å². The van der Waals surface area contributed by atoms with E-state index in [1.54, 1.807) is 6.07 Å². The van der Waals surface area contributed by atoms with Gasteiger partial charge in [-0.15, -0.1) is 0 Å². The van der Waals surface area contributed by atoms with E-state index >= 15 is 0 Å². The number of aromatic carboxylic acids is 1. The van der Waals surface area contributed by atoms with Crippen LogP contribution >= 0.6 is 64.8 Å². The summed E-state index contributed by atoms with van der Waals surface area (Å²) in [5, 5.41) is 54.1. The van der Waals surface area contributed by atoms with Crippen molar-refractivity contribution in [3.05, 3.63) is 175 Å². The average molecular weight is 943 g/mol. The van der Waals surface area contributed by atoms with Gasteiger partial charge in [0.1, 0.15) is 0 Å². The maximum Gasteiger partial charge on any atom is 0.336 e. The number of carbonyl (C=O) groups is 5. The maximum atomic E-state index is 12.9. The van der Waals surface area contributed by atoms with Crippen LogP contribution in [0.4, 0.5) is 0 Å². The second kappa shape index (κ2) is 15.1. The van der Waals surface area contributed by atoms with E-state index in [2.05, 4.69) is 0 Å². The van der Waals surface area contributed by atoms with Gasteiger partial charge in [0.15, 0.2) is 0 Å². The molecule has 10 aliphatic heterocycles. The predicted molar refractivity (Wildman–Crippen MR) is 244 cm³/mol. The minimum absolute atomic E-state index is 0.114. The molecule has 18 bridgehead atoms. The zero-order valence-electron chi connectivity index (χ0n) is 31.9. The van der Waals surface area contributed by atoms with Crippen molar-refractivity contribution in [1.82, 2.24) is 0 Å². The van der Waals surface area contributed by atoms with Crippen LogP contribution in [0.3, 0.4) is 0 Å². The summed E-state index contributed by atoms with van der Waals surface area (Å²) < 4.78 is 0. The van der Waals surface area contributed by atoms with Gasteiger partial charge in [-0.2, -0.15) is 0 Å². The fraction of sp³-hybridized carbons (Fsp3) is 0.0851. The molecule has 10 heterocycles. The van der Waals surface area contributed by atoms with Gasteiger partial charge in [-0.3, -0.25) is 0 Å². The summed E-state index contributed by atoms with van der Waals surface area (Å²) in [5.41, 5.74) is 5.11. The average Bonchev–Trinajstić information content (AvgIpc) is 3.27. The van der Waals surface area contributed by atoms with Gasteiger partial charge in [0.25, 0.3) is 0 Å². The predicted octanol–water partition coefficient (Wildman–Crippen LogP) is 11.4. The molecular formula is C47H26O10S6. The van der Waals surface area contributed by atoms with E-state index in [4.69, 9.17) is 0 Å². The van der Waals surface area contributed by atoms with Crippen LogP contribution in [0.25, 0.3) is 10.8 Å². The molecule has 5 N–H and O–H groups in total. The summed E-state index contributed by atoms with van der Waals surface area (Å²) in [6.45, 7) is 0. The van der Waals surface area contributed by atoms with Crippen molar-refractivity contribution < 1.29 is 49.5 Å². The van der Waals surface area contributed by atoms with Gasteiger partial charge >= 0.3 is 29.8 Å². The number of carboxylic acid groups (broad SMARTS) is 5. The minimum atomic E-state index is -1.31. The zero-order chi connectivity index (χ0) is 43.6. The van der Waals surface area contributed by atoms with Crippen molar-refractivity contribution in [1.29, 1.82) is 0 Å². The first-order valence-corrected chi connectivity index (χ1v) is 25.6. The highest BCUT2D eigenvalue weighted by Gasteiger charge is 2.49. The Hall–Kier alpha value is -5.49. The number of hydrogen-bond acceptors (Lipinski definition) is 11. The van der Waals surface area contributed by atoms with Crippen molar-refractivity contribution in [2.45, 2.75) is 53.0 Å². The minimum Gasteiger partial charge on any atom is -0.478 e. The smallest absolute Gasteiger partial charge is 0.336 e. The van der Waals surface area contributed by atoms with E-state index in [9.17, 15) is 49.5 Å². The van der Waals surface area contributed by atoms with Crippen LogP contribution in [-0.2, 0) is 19.2 Å². The molecule has 63 heavy (non-hydrogen) atoms. The first kappa shape index (κ1) is 40.3. The molecule has 0 saturated heterocycles. The summed E-state index contributed by atoms with van der Waals surface area (Å²) in [6, 6.07) is 31.9. The molecule has 10 nitrogen and oxygen atoms in total. The molecule has 0 amide bonds. The van der Waals surface area contributed by atoms with Crippen molar-refractivity contribution in [3.8, 4) is 0 Å². The maximum absolute atomic E-state index is 12.9. The van der Waals surface area contributed by atoms with Crippen LogP contribution in [0.1, 0.15) is 78.5 Å². The van der Waals surface area contributed by atoms with E-state index in [0.717, 1.165) is 57.5 Å². The number of hydrogen-bond donors (Lipinski definition) is 5. The summed E-state index contributed by atoms with van der Waals surface area (Å²) in [6.07, 6.45) is 0. The van der Waals surface area contributed by atoms with Gasteiger partial charge in [0.2, 0.25) is 0 Å². The summed E-state index contributed by atoms with van der Waals surface area (Å²) in [4.78, 5) is 68.9. The topological polar surface area (TPSA) is 186 Å². The van der Waals surface area contributed by atoms with Gasteiger partial charge in [-0.1, -0.05) is 101 Å². The molecule has 310 valence electrons. The summed E-state index contributed by atoms with van der Waals surface area (Å²) in [7, 11) is 8.38. The van der Waals surface area contributed by atoms with Crippen molar-refractivity contribution >= 4 is 105 Å². The lowest BCUT2D eigenvalue weighted by Crippen LogP contribution is -2.34. The number of benzene rings is 6. The Bertz CT molecular complexity index is 3230. The highest BCUT2D eigenvalue weighted by molar-refractivity contribution is 8.77. The molecule has 6 aromatic carbocycles. The molecule has 16 heteroatoms. The van der Waals surface area contributed by atoms with Gasteiger partial charge in [-0.25, -0.2) is 24.0 Å².